The molecule has 1 unspecified atom stereocenters. The Bertz CT molecular complexity index is 1880. The van der Waals surface area contributed by atoms with Crippen LogP contribution in [0.5, 0.6) is 17.6 Å². The number of imidazole rings is 1. The van der Waals surface area contributed by atoms with Crippen LogP contribution >= 0.6 is 0 Å². The van der Waals surface area contributed by atoms with E-state index in [1.807, 2.05) is 0 Å². The number of fused-ring (bicyclic) bond motifs is 1. The smallest absolute Gasteiger partial charge is 0.356 e. The summed E-state index contributed by atoms with van der Waals surface area (Å²) in [5.74, 6) is -1.65. The first-order chi connectivity index (χ1) is 20.9. The second-order valence-electron chi connectivity index (χ2n) is 9.60. The van der Waals surface area contributed by atoms with Crippen molar-refractivity contribution < 1.29 is 32.5 Å². The lowest BCUT2D eigenvalue weighted by Gasteiger charge is -2.27. The zero-order valence-corrected chi connectivity index (χ0v) is 22.8. The Balaban J connectivity index is 1.23. The molecule has 0 N–H and O–H groups in total. The van der Waals surface area contributed by atoms with Crippen LogP contribution < -0.4 is 9.47 Å². The molecule has 0 bridgehead atoms. The molecule has 6 rings (SSSR count). The van der Waals surface area contributed by atoms with Crippen LogP contribution in [0, 0.1) is 18.2 Å². The van der Waals surface area contributed by atoms with Gasteiger partial charge in [-0.3, -0.25) is 4.57 Å². The van der Waals surface area contributed by atoms with Crippen molar-refractivity contribution in [1.82, 2.24) is 19.5 Å². The Kier molecular flexibility index (Phi) is 7.63. The Morgan fingerprint density at radius 2 is 1.93 bits per heavy atom. The van der Waals surface area contributed by atoms with Crippen LogP contribution in [0.3, 0.4) is 0 Å². The molecule has 5 aromatic rings. The van der Waals surface area contributed by atoms with E-state index in [1.165, 1.54) is 37.4 Å². The fourth-order valence-corrected chi connectivity index (χ4v) is 4.45. The first-order valence-corrected chi connectivity index (χ1v) is 13.2. The Labute approximate surface area is 244 Å². The number of methoxy groups -OCH3 is 1. The number of rotatable bonds is 9. The van der Waals surface area contributed by atoms with Crippen molar-refractivity contribution >= 4 is 22.8 Å². The number of aromatic nitrogens is 4. The van der Waals surface area contributed by atoms with E-state index in [-0.39, 0.29) is 47.3 Å². The summed E-state index contributed by atoms with van der Waals surface area (Å²) in [5, 5.41) is 0. The number of hydrogen-bond acceptors (Lipinski definition) is 8. The van der Waals surface area contributed by atoms with Crippen LogP contribution in [-0.4, -0.2) is 45.3 Å². The third-order valence-corrected chi connectivity index (χ3v) is 6.83. The maximum absolute atomic E-state index is 15.4. The molecule has 2 aromatic carbocycles. The third kappa shape index (κ3) is 5.84. The summed E-state index contributed by atoms with van der Waals surface area (Å²) in [6, 6.07) is 16.7. The number of nitrogens with zero attached hydrogens (tertiary/aromatic N) is 5. The standard InChI is InChI=1S/C31H23F2N5O5/c1-34-20-8-6-19(22(32)15-20)17-42-28-5-3-4-24(35-28)18-7-11-27(23(33)14-18)43-31-37-25-9-10-26(30(39)40-2)36-29(25)38(31)16-21-12-13-41-21/h3-11,14-15,21H,12-13,16-17H2,2H3. The van der Waals surface area contributed by atoms with Gasteiger partial charge in [0.05, 0.1) is 32.0 Å². The van der Waals surface area contributed by atoms with Crippen LogP contribution in [0.15, 0.2) is 66.7 Å². The minimum atomic E-state index is -0.658. The SMILES string of the molecule is [C-]#[N+]c1ccc(COc2cccc(-c3ccc(Oc4nc5ccc(C(=O)OC)nc5n4CC4CCO4)c(F)c3)n2)c(F)c1. The molecular weight excluding hydrogens is 560 g/mol. The number of esters is 1. The first-order valence-electron chi connectivity index (χ1n) is 13.2. The van der Waals surface area contributed by atoms with Crippen molar-refractivity contribution in [3.8, 4) is 28.9 Å². The highest BCUT2D eigenvalue weighted by Gasteiger charge is 2.25. The normalized spacial score (nSPS) is 14.1. The average molecular weight is 584 g/mol. The van der Waals surface area contributed by atoms with E-state index in [4.69, 9.17) is 25.5 Å². The van der Waals surface area contributed by atoms with Gasteiger partial charge in [-0.2, -0.15) is 4.98 Å². The van der Waals surface area contributed by atoms with Gasteiger partial charge < -0.3 is 18.9 Å². The van der Waals surface area contributed by atoms with Crippen molar-refractivity contribution in [2.45, 2.75) is 25.7 Å². The number of carbonyl (C=O) groups excluding carboxylic acids is 1. The second-order valence-corrected chi connectivity index (χ2v) is 9.60. The number of pyridine rings is 2. The highest BCUT2D eigenvalue weighted by Crippen LogP contribution is 2.32. The van der Waals surface area contributed by atoms with Gasteiger partial charge in [-0.05, 0) is 48.9 Å². The number of benzene rings is 2. The minimum Gasteiger partial charge on any atom is -0.473 e. The Morgan fingerprint density at radius 1 is 1.07 bits per heavy atom. The van der Waals surface area contributed by atoms with Crippen molar-refractivity contribution in [2.75, 3.05) is 13.7 Å². The fraction of sp³-hybridized carbons (Fsp3) is 0.194. The van der Waals surface area contributed by atoms with Crippen molar-refractivity contribution in [2.24, 2.45) is 0 Å². The predicted octanol–water partition coefficient (Wildman–Crippen LogP) is 6.27. The van der Waals surface area contributed by atoms with E-state index >= 15 is 4.39 Å². The molecule has 1 fully saturated rings. The summed E-state index contributed by atoms with van der Waals surface area (Å²) in [4.78, 5) is 28.5. The lowest BCUT2D eigenvalue weighted by atomic mass is 10.1. The lowest BCUT2D eigenvalue weighted by Crippen LogP contribution is -2.31. The molecule has 4 heterocycles. The first kappa shape index (κ1) is 27.7. The molecule has 0 spiro atoms. The summed E-state index contributed by atoms with van der Waals surface area (Å²) < 4.78 is 53.2. The molecule has 0 aliphatic carbocycles. The number of ether oxygens (including phenoxy) is 4. The number of hydrogen-bond donors (Lipinski definition) is 0. The molecule has 216 valence electrons. The van der Waals surface area contributed by atoms with Crippen LogP contribution in [0.1, 0.15) is 22.5 Å². The van der Waals surface area contributed by atoms with Crippen LogP contribution in [0.2, 0.25) is 0 Å². The average Bonchev–Trinajstić information content (AvgIpc) is 3.34. The second kappa shape index (κ2) is 11.8. The molecule has 3 aromatic heterocycles. The van der Waals surface area contributed by atoms with E-state index in [0.29, 0.717) is 35.6 Å². The Hall–Kier alpha value is -5.41. The molecule has 1 aliphatic rings. The molecule has 0 radical (unpaired) electrons. The molecule has 12 heteroatoms. The van der Waals surface area contributed by atoms with Gasteiger partial charge in [0.2, 0.25) is 5.88 Å². The summed E-state index contributed by atoms with van der Waals surface area (Å²) in [7, 11) is 1.27. The van der Waals surface area contributed by atoms with E-state index in [1.54, 1.807) is 34.9 Å². The van der Waals surface area contributed by atoms with Gasteiger partial charge in [-0.1, -0.05) is 18.2 Å². The maximum atomic E-state index is 15.4. The van der Waals surface area contributed by atoms with E-state index in [2.05, 4.69) is 19.8 Å². The van der Waals surface area contributed by atoms with Crippen molar-refractivity contribution in [1.29, 1.82) is 0 Å². The van der Waals surface area contributed by atoms with E-state index < -0.39 is 17.6 Å². The van der Waals surface area contributed by atoms with Crippen molar-refractivity contribution in [3.63, 3.8) is 0 Å². The van der Waals surface area contributed by atoms with Crippen LogP contribution in [-0.2, 0) is 22.6 Å². The van der Waals surface area contributed by atoms with Crippen molar-refractivity contribution in [3.05, 3.63) is 101 Å². The zero-order chi connectivity index (χ0) is 29.9. The molecule has 43 heavy (non-hydrogen) atoms. The van der Waals surface area contributed by atoms with Gasteiger partial charge in [-0.15, -0.1) is 0 Å². The number of halogens is 2. The summed E-state index contributed by atoms with van der Waals surface area (Å²) in [5.41, 5.74) is 2.32. The maximum Gasteiger partial charge on any atom is 0.356 e. The van der Waals surface area contributed by atoms with Gasteiger partial charge >= 0.3 is 12.0 Å². The van der Waals surface area contributed by atoms with E-state index in [0.717, 1.165) is 12.5 Å². The molecule has 0 amide bonds. The topological polar surface area (TPSA) is 102 Å². The summed E-state index contributed by atoms with van der Waals surface area (Å²) in [6.45, 7) is 7.89. The summed E-state index contributed by atoms with van der Waals surface area (Å²) >= 11 is 0. The molecule has 0 saturated carbocycles. The van der Waals surface area contributed by atoms with Gasteiger partial charge in [0.1, 0.15) is 17.9 Å². The van der Waals surface area contributed by atoms with Gasteiger partial charge in [0, 0.05) is 23.8 Å². The lowest BCUT2D eigenvalue weighted by molar-refractivity contribution is -0.0594. The van der Waals surface area contributed by atoms with Crippen LogP contribution in [0.4, 0.5) is 14.5 Å². The zero-order valence-electron chi connectivity index (χ0n) is 22.8. The van der Waals surface area contributed by atoms with Gasteiger partial charge in [-0.25, -0.2) is 28.4 Å². The highest BCUT2D eigenvalue weighted by atomic mass is 19.1. The monoisotopic (exact) mass is 583 g/mol. The molecule has 10 nitrogen and oxygen atoms in total. The largest absolute Gasteiger partial charge is 0.473 e. The van der Waals surface area contributed by atoms with E-state index in [9.17, 15) is 9.18 Å². The highest BCUT2D eigenvalue weighted by molar-refractivity contribution is 5.89. The minimum absolute atomic E-state index is 0.0752. The molecular formula is C31H23F2N5O5. The Morgan fingerprint density at radius 3 is 2.65 bits per heavy atom. The summed E-state index contributed by atoms with van der Waals surface area (Å²) in [6.07, 6.45) is 0.740. The fourth-order valence-electron chi connectivity index (χ4n) is 4.45. The quantitative estimate of drug-likeness (QED) is 0.148. The van der Waals surface area contributed by atoms with Crippen LogP contribution in [0.25, 0.3) is 27.3 Å². The molecule has 1 saturated heterocycles. The third-order valence-electron chi connectivity index (χ3n) is 6.83. The van der Waals surface area contributed by atoms with Gasteiger partial charge in [0.15, 0.2) is 28.6 Å². The predicted molar refractivity (Wildman–Crippen MR) is 150 cm³/mol. The molecule has 1 aliphatic heterocycles. The molecule has 1 atom stereocenters. The number of carbonyl (C=O) groups is 1. The van der Waals surface area contributed by atoms with Gasteiger partial charge in [0.25, 0.3) is 0 Å².